The fraction of sp³-hybridized carbons (Fsp3) is 0.727. The molecule has 0 bridgehead atoms. The molecule has 0 aromatic heterocycles. The number of carbonyl (C=O) groups is 3. The molecule has 0 spiro atoms. The highest BCUT2D eigenvalue weighted by Gasteiger charge is 2.29. The molecule has 1 aliphatic rings. The Kier molecular flexibility index (Phi) is 4.46. The van der Waals surface area contributed by atoms with E-state index in [9.17, 15) is 14.4 Å². The van der Waals surface area contributed by atoms with Crippen molar-refractivity contribution in [2.75, 3.05) is 0 Å². The number of aldehydes is 1. The summed E-state index contributed by atoms with van der Waals surface area (Å²) in [6.45, 7) is 1.96. The molecule has 2 atom stereocenters. The van der Waals surface area contributed by atoms with E-state index in [1.54, 1.807) is 0 Å². The van der Waals surface area contributed by atoms with E-state index in [-0.39, 0.29) is 17.6 Å². The average Bonchev–Trinajstić information content (AvgIpc) is 2.64. The molecular formula is C11H17NO3. The van der Waals surface area contributed by atoms with Crippen molar-refractivity contribution in [2.45, 2.75) is 45.1 Å². The van der Waals surface area contributed by atoms with Crippen molar-refractivity contribution >= 4 is 18.0 Å². The van der Waals surface area contributed by atoms with Gasteiger partial charge in [-0.1, -0.05) is 13.3 Å². The van der Waals surface area contributed by atoms with E-state index >= 15 is 0 Å². The number of hydrogen-bond donors (Lipinski definition) is 1. The Morgan fingerprint density at radius 1 is 1.67 bits per heavy atom. The molecule has 1 N–H and O–H groups in total. The van der Waals surface area contributed by atoms with E-state index < -0.39 is 6.04 Å². The first-order valence-corrected chi connectivity index (χ1v) is 5.44. The number of carbonyl (C=O) groups excluding carboxylic acids is 3. The predicted molar refractivity (Wildman–Crippen MR) is 55.3 cm³/mol. The third kappa shape index (κ3) is 3.46. The van der Waals surface area contributed by atoms with Crippen LogP contribution in [0.15, 0.2) is 0 Å². The van der Waals surface area contributed by atoms with Crippen LogP contribution >= 0.6 is 0 Å². The highest BCUT2D eigenvalue weighted by atomic mass is 16.2. The van der Waals surface area contributed by atoms with Gasteiger partial charge in [-0.15, -0.1) is 0 Å². The van der Waals surface area contributed by atoms with Crippen molar-refractivity contribution in [1.82, 2.24) is 5.32 Å². The average molecular weight is 211 g/mol. The Labute approximate surface area is 89.4 Å². The molecule has 0 aromatic carbocycles. The summed E-state index contributed by atoms with van der Waals surface area (Å²) in [6, 6.07) is -0.391. The molecule has 1 saturated carbocycles. The molecule has 4 nitrogen and oxygen atoms in total. The minimum absolute atomic E-state index is 0.147. The van der Waals surface area contributed by atoms with Gasteiger partial charge in [0.2, 0.25) is 5.91 Å². The van der Waals surface area contributed by atoms with Crippen molar-refractivity contribution in [3.8, 4) is 0 Å². The van der Waals surface area contributed by atoms with Crippen LogP contribution in [0.1, 0.15) is 39.0 Å². The van der Waals surface area contributed by atoms with Crippen LogP contribution in [0.25, 0.3) is 0 Å². The van der Waals surface area contributed by atoms with E-state index in [1.807, 2.05) is 6.92 Å². The molecule has 4 heteroatoms. The zero-order valence-electron chi connectivity index (χ0n) is 8.99. The van der Waals surface area contributed by atoms with Gasteiger partial charge in [0.25, 0.3) is 0 Å². The van der Waals surface area contributed by atoms with Gasteiger partial charge in [0, 0.05) is 18.8 Å². The smallest absolute Gasteiger partial charge is 0.224 e. The summed E-state index contributed by atoms with van der Waals surface area (Å²) in [7, 11) is 0. The fourth-order valence-corrected chi connectivity index (χ4v) is 1.82. The van der Waals surface area contributed by atoms with Crippen molar-refractivity contribution in [3.05, 3.63) is 0 Å². The van der Waals surface area contributed by atoms with Crippen LogP contribution in [0, 0.1) is 5.92 Å². The van der Waals surface area contributed by atoms with Gasteiger partial charge in [-0.2, -0.15) is 0 Å². The molecule has 1 fully saturated rings. The largest absolute Gasteiger partial charge is 0.346 e. The Hall–Kier alpha value is -1.19. The van der Waals surface area contributed by atoms with Gasteiger partial charge in [0.05, 0.1) is 6.04 Å². The molecule has 0 unspecified atom stereocenters. The molecule has 0 aliphatic heterocycles. The first kappa shape index (κ1) is 11.9. The van der Waals surface area contributed by atoms with Gasteiger partial charge < -0.3 is 10.1 Å². The maximum absolute atomic E-state index is 11.6. The van der Waals surface area contributed by atoms with Crippen LogP contribution in [0.3, 0.4) is 0 Å². The van der Waals surface area contributed by atoms with Crippen molar-refractivity contribution in [3.63, 3.8) is 0 Å². The maximum Gasteiger partial charge on any atom is 0.224 e. The summed E-state index contributed by atoms with van der Waals surface area (Å²) < 4.78 is 0. The Morgan fingerprint density at radius 3 is 2.87 bits per heavy atom. The van der Waals surface area contributed by atoms with E-state index in [4.69, 9.17) is 0 Å². The molecule has 0 radical (unpaired) electrons. The van der Waals surface area contributed by atoms with Crippen LogP contribution < -0.4 is 5.32 Å². The number of amides is 1. The molecule has 1 rings (SSSR count). The first-order chi connectivity index (χ1) is 7.17. The van der Waals surface area contributed by atoms with Gasteiger partial charge >= 0.3 is 0 Å². The normalized spacial score (nSPS) is 22.5. The van der Waals surface area contributed by atoms with Gasteiger partial charge in [-0.25, -0.2) is 0 Å². The lowest BCUT2D eigenvalue weighted by Crippen LogP contribution is -2.39. The lowest BCUT2D eigenvalue weighted by Gasteiger charge is -2.14. The van der Waals surface area contributed by atoms with Crippen LogP contribution in [-0.2, 0) is 14.4 Å². The van der Waals surface area contributed by atoms with Gasteiger partial charge in [-0.3, -0.25) is 9.59 Å². The number of hydrogen-bond acceptors (Lipinski definition) is 3. The van der Waals surface area contributed by atoms with Crippen LogP contribution in [-0.4, -0.2) is 24.0 Å². The second-order valence-electron chi connectivity index (χ2n) is 4.02. The summed E-state index contributed by atoms with van der Waals surface area (Å²) in [5.74, 6) is -0.212. The summed E-state index contributed by atoms with van der Waals surface area (Å²) >= 11 is 0. The molecule has 1 amide bonds. The zero-order valence-corrected chi connectivity index (χ0v) is 8.99. The van der Waals surface area contributed by atoms with Crippen LogP contribution in [0.2, 0.25) is 0 Å². The monoisotopic (exact) mass is 211 g/mol. The minimum atomic E-state index is -0.391. The van der Waals surface area contributed by atoms with Crippen LogP contribution in [0.4, 0.5) is 0 Å². The Balaban J connectivity index is 2.40. The SMILES string of the molecule is CCC[C@@H](C=O)NC(=O)[C@@H]1CCC(=O)C1. The molecule has 15 heavy (non-hydrogen) atoms. The lowest BCUT2D eigenvalue weighted by molar-refractivity contribution is -0.128. The molecular weight excluding hydrogens is 194 g/mol. The summed E-state index contributed by atoms with van der Waals surface area (Å²) in [4.78, 5) is 33.2. The highest BCUT2D eigenvalue weighted by molar-refractivity contribution is 5.90. The molecule has 0 aromatic rings. The molecule has 1 aliphatic carbocycles. The quantitative estimate of drug-likeness (QED) is 0.685. The molecule has 84 valence electrons. The minimum Gasteiger partial charge on any atom is -0.346 e. The van der Waals surface area contributed by atoms with Gasteiger partial charge in [-0.05, 0) is 12.8 Å². The van der Waals surface area contributed by atoms with Crippen LogP contribution in [0.5, 0.6) is 0 Å². The van der Waals surface area contributed by atoms with E-state index in [2.05, 4.69) is 5.32 Å². The third-order valence-electron chi connectivity index (χ3n) is 2.71. The van der Waals surface area contributed by atoms with Crippen molar-refractivity contribution < 1.29 is 14.4 Å². The van der Waals surface area contributed by atoms with E-state index in [1.165, 1.54) is 0 Å². The fourth-order valence-electron chi connectivity index (χ4n) is 1.82. The van der Waals surface area contributed by atoms with E-state index in [0.717, 1.165) is 12.7 Å². The van der Waals surface area contributed by atoms with Crippen molar-refractivity contribution in [2.24, 2.45) is 5.92 Å². The number of Topliss-reactive ketones (excluding diaryl/α,β-unsaturated/α-hetero) is 1. The number of nitrogens with one attached hydrogen (secondary N) is 1. The highest BCUT2D eigenvalue weighted by Crippen LogP contribution is 2.21. The first-order valence-electron chi connectivity index (χ1n) is 5.44. The standard InChI is InChI=1S/C11H17NO3/c1-2-3-9(7-13)12-11(15)8-4-5-10(14)6-8/h7-9H,2-6H2,1H3,(H,12,15)/t8-,9+/m1/s1. The summed E-state index contributed by atoms with van der Waals surface area (Å²) in [6.07, 6.45) is 3.74. The summed E-state index contributed by atoms with van der Waals surface area (Å²) in [5.41, 5.74) is 0. The number of ketones is 1. The third-order valence-corrected chi connectivity index (χ3v) is 2.71. The Morgan fingerprint density at radius 2 is 2.40 bits per heavy atom. The van der Waals surface area contributed by atoms with Gasteiger partial charge in [0.1, 0.15) is 12.1 Å². The lowest BCUT2D eigenvalue weighted by atomic mass is 10.1. The van der Waals surface area contributed by atoms with E-state index in [0.29, 0.717) is 25.7 Å². The van der Waals surface area contributed by atoms with Gasteiger partial charge in [0.15, 0.2) is 0 Å². The topological polar surface area (TPSA) is 63.2 Å². The second kappa shape index (κ2) is 5.63. The van der Waals surface area contributed by atoms with Crippen molar-refractivity contribution in [1.29, 1.82) is 0 Å². The molecule has 0 saturated heterocycles. The summed E-state index contributed by atoms with van der Waals surface area (Å²) in [5, 5.41) is 2.67. The predicted octanol–water partition coefficient (Wildman–Crippen LogP) is 0.839. The maximum atomic E-state index is 11.6. The molecule has 0 heterocycles. The second-order valence-corrected chi connectivity index (χ2v) is 4.02. The number of rotatable bonds is 5. The Bertz CT molecular complexity index is 263. The zero-order chi connectivity index (χ0) is 11.3.